The van der Waals surface area contributed by atoms with Gasteiger partial charge in [0.25, 0.3) is 0 Å². The number of pyridine rings is 1. The van der Waals surface area contributed by atoms with E-state index in [1.54, 1.807) is 19.4 Å². The van der Waals surface area contributed by atoms with E-state index >= 15 is 0 Å². The molecule has 1 aliphatic carbocycles. The molecule has 1 spiro atoms. The predicted molar refractivity (Wildman–Crippen MR) is 123 cm³/mol. The summed E-state index contributed by atoms with van der Waals surface area (Å²) < 4.78 is 10.4. The van der Waals surface area contributed by atoms with Crippen LogP contribution in [-0.2, 0) is 9.53 Å². The zero-order valence-corrected chi connectivity index (χ0v) is 19.1. The first-order valence-corrected chi connectivity index (χ1v) is 11.6. The molecule has 0 aromatic carbocycles. The lowest BCUT2D eigenvalue weighted by Gasteiger charge is -2.41. The number of nitrogens with one attached hydrogen (secondary N) is 1. The second-order valence-corrected chi connectivity index (χ2v) is 9.17. The van der Waals surface area contributed by atoms with Crippen molar-refractivity contribution in [1.29, 1.82) is 0 Å². The lowest BCUT2D eigenvalue weighted by atomic mass is 9.78. The normalized spacial score (nSPS) is 27.4. The average Bonchev–Trinajstić information content (AvgIpc) is 3.13. The highest BCUT2D eigenvalue weighted by Crippen LogP contribution is 2.44. The average molecular weight is 457 g/mol. The Morgan fingerprint density at radius 3 is 2.85 bits per heavy atom. The van der Waals surface area contributed by atoms with Crippen LogP contribution >= 0.6 is 0 Å². The van der Waals surface area contributed by atoms with Crippen LogP contribution < -0.4 is 15.0 Å². The van der Waals surface area contributed by atoms with Gasteiger partial charge in [-0.1, -0.05) is 5.92 Å². The summed E-state index contributed by atoms with van der Waals surface area (Å²) in [5.41, 5.74) is 0.0312. The van der Waals surface area contributed by atoms with Crippen molar-refractivity contribution in [2.75, 3.05) is 43.6 Å². The van der Waals surface area contributed by atoms with Gasteiger partial charge in [-0.15, -0.1) is 6.42 Å². The predicted octanol–water partition coefficient (Wildman–Crippen LogP) is 2.39. The van der Waals surface area contributed by atoms with Crippen LogP contribution in [-0.4, -0.2) is 72.5 Å². The first kappa shape index (κ1) is 23.2. The molecule has 1 atom stereocenters. The molecule has 33 heavy (non-hydrogen) atoms. The number of rotatable bonds is 5. The van der Waals surface area contributed by atoms with Crippen LogP contribution in [0.3, 0.4) is 0 Å². The molecule has 4 rings (SSSR count). The minimum Gasteiger partial charge on any atom is -0.493 e. The summed E-state index contributed by atoms with van der Waals surface area (Å²) in [4.78, 5) is 34.1. The molecule has 1 aromatic rings. The monoisotopic (exact) mass is 456 g/mol. The third-order valence-corrected chi connectivity index (χ3v) is 7.12. The van der Waals surface area contributed by atoms with Gasteiger partial charge in [0, 0.05) is 31.7 Å². The van der Waals surface area contributed by atoms with Gasteiger partial charge in [-0.25, -0.2) is 9.78 Å². The van der Waals surface area contributed by atoms with Crippen molar-refractivity contribution < 1.29 is 24.2 Å². The van der Waals surface area contributed by atoms with Gasteiger partial charge in [0.2, 0.25) is 5.91 Å². The molecule has 3 aliphatic rings. The first-order chi connectivity index (χ1) is 16.0. The van der Waals surface area contributed by atoms with Crippen molar-refractivity contribution in [2.24, 2.45) is 5.41 Å². The van der Waals surface area contributed by atoms with E-state index in [2.05, 4.69) is 26.0 Å². The van der Waals surface area contributed by atoms with Crippen molar-refractivity contribution in [3.05, 3.63) is 12.3 Å². The molecule has 3 heterocycles. The van der Waals surface area contributed by atoms with Crippen molar-refractivity contribution in [3.63, 3.8) is 0 Å². The van der Waals surface area contributed by atoms with Crippen LogP contribution in [0.25, 0.3) is 0 Å². The minimum atomic E-state index is -0.659. The van der Waals surface area contributed by atoms with Crippen LogP contribution in [0.5, 0.6) is 5.75 Å². The van der Waals surface area contributed by atoms with E-state index in [1.807, 2.05) is 0 Å². The van der Waals surface area contributed by atoms with Crippen molar-refractivity contribution in [2.45, 2.75) is 57.1 Å². The molecule has 9 heteroatoms. The Hall–Kier alpha value is -2.99. The molecule has 9 nitrogen and oxygen atoms in total. The zero-order chi connectivity index (χ0) is 23.4. The number of hydrogen-bond donors (Lipinski definition) is 2. The van der Waals surface area contributed by atoms with E-state index < -0.39 is 11.5 Å². The third kappa shape index (κ3) is 4.86. The molecule has 2 aliphatic heterocycles. The molecule has 1 aromatic heterocycles. The number of amides is 2. The topological polar surface area (TPSA) is 104 Å². The molecular weight excluding hydrogens is 424 g/mol. The van der Waals surface area contributed by atoms with Crippen LogP contribution in [0.4, 0.5) is 16.3 Å². The number of terminal acetylenes is 1. The molecular formula is C24H32N4O5. The third-order valence-electron chi connectivity index (χ3n) is 7.12. The van der Waals surface area contributed by atoms with E-state index in [1.165, 1.54) is 0 Å². The number of aliphatic hydroxyl groups excluding tert-OH is 1. The number of likely N-dealkylation sites (tertiary alicyclic amines) is 1. The smallest absolute Gasteiger partial charge is 0.412 e. The van der Waals surface area contributed by atoms with E-state index in [-0.39, 0.29) is 24.7 Å². The number of carbonyl (C=O) groups excluding carboxylic acids is 2. The number of aromatic nitrogens is 1. The van der Waals surface area contributed by atoms with Crippen LogP contribution in [0.1, 0.15) is 44.9 Å². The molecule has 178 valence electrons. The van der Waals surface area contributed by atoms with Gasteiger partial charge in [-0.2, -0.15) is 0 Å². The van der Waals surface area contributed by atoms with Crippen molar-refractivity contribution in [3.8, 4) is 18.1 Å². The molecule has 1 saturated carbocycles. The fourth-order valence-corrected chi connectivity index (χ4v) is 5.41. The highest BCUT2D eigenvalue weighted by atomic mass is 16.5. The second kappa shape index (κ2) is 9.87. The number of piperidine rings is 1. The minimum absolute atomic E-state index is 0.114. The maximum atomic E-state index is 13.6. The molecule has 2 N–H and O–H groups in total. The molecule has 0 radical (unpaired) electrons. The van der Waals surface area contributed by atoms with Crippen LogP contribution in [0.15, 0.2) is 12.3 Å². The van der Waals surface area contributed by atoms with Crippen molar-refractivity contribution >= 4 is 23.5 Å². The van der Waals surface area contributed by atoms with Gasteiger partial charge < -0.3 is 24.4 Å². The van der Waals surface area contributed by atoms with E-state index in [4.69, 9.17) is 15.9 Å². The van der Waals surface area contributed by atoms with E-state index in [0.29, 0.717) is 23.8 Å². The van der Waals surface area contributed by atoms with Gasteiger partial charge in [0.05, 0.1) is 30.5 Å². The fourth-order valence-electron chi connectivity index (χ4n) is 5.41. The molecule has 2 amide bonds. The van der Waals surface area contributed by atoms with E-state index in [0.717, 1.165) is 58.0 Å². The lowest BCUT2D eigenvalue weighted by molar-refractivity contribution is -0.139. The van der Waals surface area contributed by atoms with Gasteiger partial charge in [-0.05, 0) is 44.9 Å². The molecule has 3 fully saturated rings. The highest BCUT2D eigenvalue weighted by Gasteiger charge is 2.51. The SMILES string of the molecule is C#CCOC(=O)Nc1cnc(N2CCC[C@]3(CCN([C@H]4CC[C@H](O)CC4)C3=O)C2)c(OC)c1. The zero-order valence-electron chi connectivity index (χ0n) is 19.1. The highest BCUT2D eigenvalue weighted by molar-refractivity contribution is 5.87. The number of hydrogen-bond acceptors (Lipinski definition) is 7. The van der Waals surface area contributed by atoms with Crippen LogP contribution in [0, 0.1) is 17.8 Å². The number of methoxy groups -OCH3 is 1. The van der Waals surface area contributed by atoms with Gasteiger partial charge >= 0.3 is 6.09 Å². The number of anilines is 2. The second-order valence-electron chi connectivity index (χ2n) is 9.17. The number of carbonyl (C=O) groups is 2. The molecule has 0 unspecified atom stereocenters. The maximum Gasteiger partial charge on any atom is 0.412 e. The quantitative estimate of drug-likeness (QED) is 0.656. The Kier molecular flexibility index (Phi) is 6.94. The summed E-state index contributed by atoms with van der Waals surface area (Å²) in [6, 6.07) is 1.93. The summed E-state index contributed by atoms with van der Waals surface area (Å²) in [5, 5.41) is 12.4. The summed E-state index contributed by atoms with van der Waals surface area (Å²) in [5.74, 6) is 3.66. The molecule has 2 saturated heterocycles. The van der Waals surface area contributed by atoms with E-state index in [9.17, 15) is 14.7 Å². The van der Waals surface area contributed by atoms with Crippen molar-refractivity contribution in [1.82, 2.24) is 9.88 Å². The summed E-state index contributed by atoms with van der Waals surface area (Å²) >= 11 is 0. The van der Waals surface area contributed by atoms with Gasteiger partial charge in [0.1, 0.15) is 0 Å². The largest absolute Gasteiger partial charge is 0.493 e. The Morgan fingerprint density at radius 2 is 2.12 bits per heavy atom. The summed E-state index contributed by atoms with van der Waals surface area (Å²) in [6.45, 7) is 2.04. The van der Waals surface area contributed by atoms with Gasteiger partial charge in [0.15, 0.2) is 18.2 Å². The first-order valence-electron chi connectivity index (χ1n) is 11.6. The Morgan fingerprint density at radius 1 is 1.33 bits per heavy atom. The Balaban J connectivity index is 1.46. The lowest BCUT2D eigenvalue weighted by Crippen LogP contribution is -2.50. The number of nitrogens with zero attached hydrogens (tertiary/aromatic N) is 3. The molecule has 0 bridgehead atoms. The summed E-state index contributed by atoms with van der Waals surface area (Å²) in [6.07, 6.45) is 11.7. The fraction of sp³-hybridized carbons (Fsp3) is 0.625. The Labute approximate surface area is 194 Å². The van der Waals surface area contributed by atoms with Crippen LogP contribution in [0.2, 0.25) is 0 Å². The number of ether oxygens (including phenoxy) is 2. The number of aliphatic hydroxyl groups is 1. The maximum absolute atomic E-state index is 13.6. The summed E-state index contributed by atoms with van der Waals surface area (Å²) in [7, 11) is 1.56. The Bertz CT molecular complexity index is 924. The standard InChI is InChI=1S/C24H32N4O5/c1-3-13-33-23(31)26-17-14-20(32-2)21(25-15-17)27-11-4-9-24(16-27)10-12-28(22(24)30)18-5-7-19(29)8-6-18/h1,14-15,18-19,29H,4-13,16H2,2H3,(H,26,31)/t18-,19-,24-/m0/s1. The van der Waals surface area contributed by atoms with Gasteiger partial charge in [-0.3, -0.25) is 10.1 Å².